The van der Waals surface area contributed by atoms with Gasteiger partial charge in [0.2, 0.25) is 11.8 Å². The van der Waals surface area contributed by atoms with Crippen molar-refractivity contribution in [3.05, 3.63) is 70.6 Å². The number of unbranched alkanes of at least 4 members (excludes halogenated alkanes) is 8. The number of aldehydes is 1. The van der Waals surface area contributed by atoms with Crippen molar-refractivity contribution in [2.45, 2.75) is 102 Å². The monoisotopic (exact) mass is 652 g/mol. The quantitative estimate of drug-likeness (QED) is 0.140. The first-order chi connectivity index (χ1) is 22.8. The van der Waals surface area contributed by atoms with E-state index in [4.69, 9.17) is 9.47 Å². The molecule has 9 nitrogen and oxygen atoms in total. The van der Waals surface area contributed by atoms with Crippen molar-refractivity contribution < 1.29 is 38.5 Å². The van der Waals surface area contributed by atoms with Gasteiger partial charge < -0.3 is 29.9 Å². The van der Waals surface area contributed by atoms with E-state index in [1.807, 2.05) is 0 Å². The lowest BCUT2D eigenvalue weighted by atomic mass is 9.77. The molecule has 0 bridgehead atoms. The van der Waals surface area contributed by atoms with Gasteiger partial charge in [-0.2, -0.15) is 0 Å². The van der Waals surface area contributed by atoms with Crippen LogP contribution in [0.5, 0.6) is 11.5 Å². The molecule has 10 heteroatoms. The molecule has 0 spiro atoms. The molecule has 0 saturated carbocycles. The molecule has 2 aromatic rings. The van der Waals surface area contributed by atoms with Crippen LogP contribution in [0.15, 0.2) is 48.0 Å². The topological polar surface area (TPSA) is 125 Å². The Kier molecular flexibility index (Phi) is 13.8. The third-order valence-electron chi connectivity index (χ3n) is 9.12. The standard InChI is InChI=1S/C37H49FN2O7/c1-3-4-5-6-7-8-9-10-11-15-32(43)40(18-16-25-13-12-14-27(38)20-25)30-23-29(37(45)39-17-19-41)33-28-21-26(24-42)22-31(46-2)35(28)47-36(33)34(30)44/h12-14,20-24,30,33-34,36,41,44H,3-11,15-19H2,1-2H3,(H,39,45). The molecule has 256 valence electrons. The first-order valence-corrected chi connectivity index (χ1v) is 17.0. The van der Waals surface area contributed by atoms with Crippen LogP contribution in [-0.4, -0.2) is 78.3 Å². The van der Waals surface area contributed by atoms with Crippen molar-refractivity contribution in [2.75, 3.05) is 26.8 Å². The minimum Gasteiger partial charge on any atom is -0.493 e. The summed E-state index contributed by atoms with van der Waals surface area (Å²) in [7, 11) is 1.44. The Hall–Kier alpha value is -3.76. The highest BCUT2D eigenvalue weighted by Gasteiger charge is 2.51. The van der Waals surface area contributed by atoms with E-state index in [1.54, 1.807) is 29.2 Å². The summed E-state index contributed by atoms with van der Waals surface area (Å²) in [5.74, 6) is -1.16. The van der Waals surface area contributed by atoms with Crippen LogP contribution in [0.4, 0.5) is 4.39 Å². The Labute approximate surface area is 277 Å². The number of hydrogen-bond donors (Lipinski definition) is 3. The van der Waals surface area contributed by atoms with Gasteiger partial charge in [0.1, 0.15) is 24.3 Å². The maximum atomic E-state index is 14.0. The number of hydrogen-bond acceptors (Lipinski definition) is 7. The van der Waals surface area contributed by atoms with E-state index in [-0.39, 0.29) is 43.4 Å². The number of halogens is 1. The summed E-state index contributed by atoms with van der Waals surface area (Å²) in [5.41, 5.74) is 1.81. The molecule has 2 amide bonds. The first kappa shape index (κ1) is 36.1. The van der Waals surface area contributed by atoms with Crippen molar-refractivity contribution in [1.29, 1.82) is 0 Å². The summed E-state index contributed by atoms with van der Waals surface area (Å²) >= 11 is 0. The Balaban J connectivity index is 1.60. The van der Waals surface area contributed by atoms with Gasteiger partial charge in [-0.1, -0.05) is 70.4 Å². The molecular formula is C37H49FN2O7. The molecule has 1 heterocycles. The Morgan fingerprint density at radius 2 is 1.79 bits per heavy atom. The number of nitrogens with one attached hydrogen (secondary N) is 1. The molecule has 1 aliphatic carbocycles. The van der Waals surface area contributed by atoms with Crippen LogP contribution in [0, 0.1) is 5.82 Å². The van der Waals surface area contributed by atoms with Crippen molar-refractivity contribution >= 4 is 18.1 Å². The molecule has 2 aliphatic rings. The second-order valence-corrected chi connectivity index (χ2v) is 12.4. The zero-order valence-corrected chi connectivity index (χ0v) is 27.6. The maximum absolute atomic E-state index is 14.0. The Morgan fingerprint density at radius 3 is 2.45 bits per heavy atom. The lowest BCUT2D eigenvalue weighted by Crippen LogP contribution is -2.56. The molecule has 3 N–H and O–H groups in total. The van der Waals surface area contributed by atoms with Gasteiger partial charge in [-0.05, 0) is 48.7 Å². The van der Waals surface area contributed by atoms with Gasteiger partial charge in [0.05, 0.1) is 25.7 Å². The molecule has 4 unspecified atom stereocenters. The van der Waals surface area contributed by atoms with E-state index in [0.29, 0.717) is 47.3 Å². The smallest absolute Gasteiger partial charge is 0.247 e. The number of carbonyl (C=O) groups excluding carboxylic acids is 3. The molecule has 4 atom stereocenters. The van der Waals surface area contributed by atoms with Crippen LogP contribution in [0.25, 0.3) is 0 Å². The highest BCUT2D eigenvalue weighted by molar-refractivity contribution is 5.96. The molecule has 2 aromatic carbocycles. The second-order valence-electron chi connectivity index (χ2n) is 12.4. The SMILES string of the molecule is CCCCCCCCCCCC(=O)N(CCc1cccc(F)c1)C1C=C(C(=O)NCCO)C2c3cc(C=O)cc(OC)c3OC2C1O. The van der Waals surface area contributed by atoms with Gasteiger partial charge >= 0.3 is 0 Å². The molecule has 0 saturated heterocycles. The van der Waals surface area contributed by atoms with Gasteiger partial charge in [-0.25, -0.2) is 4.39 Å². The van der Waals surface area contributed by atoms with E-state index < -0.39 is 30.1 Å². The average molecular weight is 653 g/mol. The van der Waals surface area contributed by atoms with Crippen molar-refractivity contribution in [1.82, 2.24) is 10.2 Å². The molecule has 0 aromatic heterocycles. The summed E-state index contributed by atoms with van der Waals surface area (Å²) in [6.45, 7) is 2.12. The number of rotatable bonds is 19. The number of nitrogens with zero attached hydrogens (tertiary/aromatic N) is 1. The fourth-order valence-corrected chi connectivity index (χ4v) is 6.67. The fraction of sp³-hybridized carbons (Fsp3) is 0.541. The van der Waals surface area contributed by atoms with Crippen molar-refractivity contribution in [3.8, 4) is 11.5 Å². The van der Waals surface area contributed by atoms with Crippen molar-refractivity contribution in [2.24, 2.45) is 0 Å². The molecule has 0 radical (unpaired) electrons. The lowest BCUT2D eigenvalue weighted by Gasteiger charge is -2.41. The Bertz CT molecular complexity index is 1400. The third-order valence-corrected chi connectivity index (χ3v) is 9.12. The second kappa shape index (κ2) is 18.0. The average Bonchev–Trinajstić information content (AvgIpc) is 3.47. The zero-order valence-electron chi connectivity index (χ0n) is 27.6. The minimum absolute atomic E-state index is 0.00696. The highest BCUT2D eigenvalue weighted by Crippen LogP contribution is 2.51. The van der Waals surface area contributed by atoms with E-state index in [9.17, 15) is 29.0 Å². The van der Waals surface area contributed by atoms with Gasteiger partial charge in [0.25, 0.3) is 0 Å². The molecule has 0 fully saturated rings. The number of ether oxygens (including phenoxy) is 2. The van der Waals surface area contributed by atoms with Crippen LogP contribution < -0.4 is 14.8 Å². The fourth-order valence-electron chi connectivity index (χ4n) is 6.67. The predicted molar refractivity (Wildman–Crippen MR) is 177 cm³/mol. The van der Waals surface area contributed by atoms with E-state index >= 15 is 0 Å². The maximum Gasteiger partial charge on any atom is 0.247 e. The predicted octanol–water partition coefficient (Wildman–Crippen LogP) is 5.26. The van der Waals surface area contributed by atoms with E-state index in [2.05, 4.69) is 12.2 Å². The normalized spacial score (nSPS) is 19.6. The van der Waals surface area contributed by atoms with Crippen LogP contribution in [-0.2, 0) is 16.0 Å². The Morgan fingerprint density at radius 1 is 1.06 bits per heavy atom. The number of amides is 2. The zero-order chi connectivity index (χ0) is 33.8. The number of aliphatic hydroxyl groups excluding tert-OH is 2. The summed E-state index contributed by atoms with van der Waals surface area (Å²) in [6, 6.07) is 8.42. The van der Waals surface area contributed by atoms with E-state index in [1.165, 1.54) is 57.4 Å². The largest absolute Gasteiger partial charge is 0.493 e. The van der Waals surface area contributed by atoms with Crippen LogP contribution in [0.1, 0.15) is 98.5 Å². The van der Waals surface area contributed by atoms with Crippen molar-refractivity contribution in [3.63, 3.8) is 0 Å². The number of benzene rings is 2. The molecule has 4 rings (SSSR count). The summed E-state index contributed by atoms with van der Waals surface area (Å²) in [6.07, 6.45) is 10.7. The number of methoxy groups -OCH3 is 1. The number of carbonyl (C=O) groups is 3. The summed E-state index contributed by atoms with van der Waals surface area (Å²) in [4.78, 5) is 40.8. The lowest BCUT2D eigenvalue weighted by molar-refractivity contribution is -0.137. The first-order valence-electron chi connectivity index (χ1n) is 17.0. The molecule has 1 aliphatic heterocycles. The van der Waals surface area contributed by atoms with Crippen LogP contribution in [0.3, 0.4) is 0 Å². The number of aliphatic hydroxyl groups is 2. The highest BCUT2D eigenvalue weighted by atomic mass is 19.1. The molecule has 47 heavy (non-hydrogen) atoms. The molecular weight excluding hydrogens is 603 g/mol. The van der Waals surface area contributed by atoms with Crippen LogP contribution in [0.2, 0.25) is 0 Å². The van der Waals surface area contributed by atoms with Gasteiger partial charge in [-0.3, -0.25) is 14.4 Å². The van der Waals surface area contributed by atoms with Gasteiger partial charge in [-0.15, -0.1) is 0 Å². The number of fused-ring (bicyclic) bond motifs is 3. The van der Waals surface area contributed by atoms with Gasteiger partial charge in [0.15, 0.2) is 11.5 Å². The van der Waals surface area contributed by atoms with Gasteiger partial charge in [0, 0.05) is 36.2 Å². The summed E-state index contributed by atoms with van der Waals surface area (Å²) in [5, 5.41) is 24.0. The minimum atomic E-state index is -1.23. The van der Waals surface area contributed by atoms with E-state index in [0.717, 1.165) is 19.3 Å². The van der Waals surface area contributed by atoms with Crippen LogP contribution >= 0.6 is 0 Å². The third kappa shape index (κ3) is 9.20. The summed E-state index contributed by atoms with van der Waals surface area (Å²) < 4.78 is 25.8.